The molecule has 1 aliphatic rings. The number of unbranched alkanes of at least 4 members (excludes halogenated alkanes) is 1. The summed E-state index contributed by atoms with van der Waals surface area (Å²) in [5.74, 6) is 1.76. The van der Waals surface area contributed by atoms with Crippen LogP contribution in [0.15, 0.2) is 96.2 Å². The normalized spacial score (nSPS) is 13.5. The fourth-order valence-electron chi connectivity index (χ4n) is 4.40. The van der Waals surface area contributed by atoms with Gasteiger partial charge >= 0.3 is 0 Å². The van der Waals surface area contributed by atoms with E-state index < -0.39 is 0 Å². The van der Waals surface area contributed by atoms with Gasteiger partial charge in [0.2, 0.25) is 5.82 Å². The van der Waals surface area contributed by atoms with Crippen molar-refractivity contribution >= 4 is 5.84 Å². The molecule has 0 bridgehead atoms. The molecule has 0 saturated heterocycles. The van der Waals surface area contributed by atoms with E-state index >= 15 is 0 Å². The van der Waals surface area contributed by atoms with Crippen molar-refractivity contribution in [1.29, 1.82) is 0 Å². The van der Waals surface area contributed by atoms with E-state index in [4.69, 9.17) is 5.10 Å². The molecule has 0 fully saturated rings. The number of amidine groups is 1. The van der Waals surface area contributed by atoms with Crippen LogP contribution in [-0.4, -0.2) is 43.0 Å². The Bertz CT molecular complexity index is 1300. The molecule has 0 unspecified atom stereocenters. The van der Waals surface area contributed by atoms with Crippen LogP contribution in [0.1, 0.15) is 37.3 Å². The predicted octanol–water partition coefficient (Wildman–Crippen LogP) is 5.87. The quantitative estimate of drug-likeness (QED) is 0.309. The summed E-state index contributed by atoms with van der Waals surface area (Å²) in [5, 5.41) is 21.5. The number of nitrogens with zero attached hydrogens (tertiary/aromatic N) is 6. The van der Waals surface area contributed by atoms with Gasteiger partial charge in [0, 0.05) is 24.7 Å². The molecule has 4 aromatic rings. The molecule has 1 aromatic heterocycles. The van der Waals surface area contributed by atoms with Crippen LogP contribution in [-0.2, 0) is 13.0 Å². The fraction of sp³-hybridized carbons (Fsp3) is 0.241. The average molecular weight is 478 g/mol. The Balaban J connectivity index is 1.27. The Morgan fingerprint density at radius 3 is 2.42 bits per heavy atom. The highest BCUT2D eigenvalue weighted by atomic mass is 15.6. The minimum atomic E-state index is 0.601. The van der Waals surface area contributed by atoms with Crippen LogP contribution in [0.25, 0.3) is 22.5 Å². The zero-order valence-electron chi connectivity index (χ0n) is 20.6. The van der Waals surface area contributed by atoms with Crippen molar-refractivity contribution in [1.82, 2.24) is 30.5 Å². The summed E-state index contributed by atoms with van der Waals surface area (Å²) in [4.78, 5) is 2.38. The Morgan fingerprint density at radius 2 is 1.67 bits per heavy atom. The van der Waals surface area contributed by atoms with Crippen LogP contribution < -0.4 is 0 Å². The molecule has 3 aromatic carbocycles. The third-order valence-electron chi connectivity index (χ3n) is 6.30. The first-order valence-electron chi connectivity index (χ1n) is 12.5. The monoisotopic (exact) mass is 477 g/mol. The summed E-state index contributed by atoms with van der Waals surface area (Å²) in [7, 11) is 0. The second-order valence-corrected chi connectivity index (χ2v) is 8.95. The Kier molecular flexibility index (Phi) is 7.46. The van der Waals surface area contributed by atoms with E-state index in [0.29, 0.717) is 5.82 Å². The predicted molar refractivity (Wildman–Crippen MR) is 144 cm³/mol. The van der Waals surface area contributed by atoms with Crippen molar-refractivity contribution in [2.75, 3.05) is 6.67 Å². The summed E-state index contributed by atoms with van der Waals surface area (Å²) in [6.07, 6.45) is 8.50. The van der Waals surface area contributed by atoms with Crippen molar-refractivity contribution in [2.24, 2.45) is 5.10 Å². The molecule has 182 valence electrons. The zero-order valence-corrected chi connectivity index (χ0v) is 20.6. The number of hydrogen-bond donors (Lipinski definition) is 1. The van der Waals surface area contributed by atoms with Gasteiger partial charge in [-0.25, -0.2) is 0 Å². The molecule has 0 atom stereocenters. The van der Waals surface area contributed by atoms with Crippen molar-refractivity contribution < 1.29 is 0 Å². The number of rotatable bonds is 10. The van der Waals surface area contributed by atoms with Gasteiger partial charge in [0.1, 0.15) is 12.5 Å². The topological polar surface area (TPSA) is 73.3 Å². The number of H-pyrrole nitrogens is 1. The van der Waals surface area contributed by atoms with Crippen LogP contribution in [0.5, 0.6) is 0 Å². The van der Waals surface area contributed by atoms with E-state index in [1.54, 1.807) is 0 Å². The van der Waals surface area contributed by atoms with Crippen LogP contribution in [0.4, 0.5) is 0 Å². The molecule has 0 aliphatic carbocycles. The number of tetrazole rings is 1. The van der Waals surface area contributed by atoms with E-state index in [1.807, 2.05) is 18.2 Å². The van der Waals surface area contributed by atoms with E-state index in [2.05, 4.69) is 110 Å². The highest BCUT2D eigenvalue weighted by Gasteiger charge is 2.21. The molecule has 7 nitrogen and oxygen atoms in total. The third-order valence-corrected chi connectivity index (χ3v) is 6.30. The van der Waals surface area contributed by atoms with Crippen molar-refractivity contribution in [3.05, 3.63) is 102 Å². The van der Waals surface area contributed by atoms with E-state index in [-0.39, 0.29) is 0 Å². The van der Waals surface area contributed by atoms with E-state index in [0.717, 1.165) is 61.4 Å². The number of hydrogen-bond acceptors (Lipinski definition) is 6. The molecule has 0 amide bonds. The lowest BCUT2D eigenvalue weighted by molar-refractivity contribution is 0.295. The van der Waals surface area contributed by atoms with Crippen LogP contribution >= 0.6 is 0 Å². The van der Waals surface area contributed by atoms with Gasteiger partial charge in [-0.05, 0) is 40.3 Å². The van der Waals surface area contributed by atoms with Gasteiger partial charge in [-0.1, -0.05) is 98.3 Å². The molecular weight excluding hydrogens is 446 g/mol. The molecule has 0 spiro atoms. The largest absolute Gasteiger partial charge is 0.335 e. The number of aromatic amines is 1. The smallest absolute Gasteiger partial charge is 0.205 e. The summed E-state index contributed by atoms with van der Waals surface area (Å²) in [6, 6.07) is 27.4. The first kappa shape index (κ1) is 23.5. The van der Waals surface area contributed by atoms with Crippen molar-refractivity contribution in [3.63, 3.8) is 0 Å². The first-order valence-corrected chi connectivity index (χ1v) is 12.5. The molecule has 2 heterocycles. The van der Waals surface area contributed by atoms with Gasteiger partial charge in [0.15, 0.2) is 0 Å². The molecule has 1 aliphatic heterocycles. The standard InChI is InChI=1S/C29H31N7/c1-2-3-15-28-32-36(20-9-12-23-10-5-4-6-11-23)22-35(28)21-24-16-18-25(19-17-24)26-13-7-8-14-27(26)29-30-33-34-31-29/h4-11,13-14,16-20H,2-3,12,15,21-22H2,1H3,(H,30,31,33,34)/b20-9+. The highest BCUT2D eigenvalue weighted by molar-refractivity contribution is 5.83. The first-order chi connectivity index (χ1) is 17.8. The molecule has 5 rings (SSSR count). The average Bonchev–Trinajstić information content (AvgIpc) is 3.59. The Morgan fingerprint density at radius 1 is 0.889 bits per heavy atom. The lowest BCUT2D eigenvalue weighted by Gasteiger charge is -2.21. The number of hydrazone groups is 1. The van der Waals surface area contributed by atoms with Crippen molar-refractivity contribution in [2.45, 2.75) is 39.2 Å². The fourth-order valence-corrected chi connectivity index (χ4v) is 4.40. The lowest BCUT2D eigenvalue weighted by atomic mass is 9.98. The van der Waals surface area contributed by atoms with E-state index in [1.165, 1.54) is 11.1 Å². The molecule has 0 radical (unpaired) electrons. The number of aromatic nitrogens is 4. The van der Waals surface area contributed by atoms with E-state index in [9.17, 15) is 0 Å². The van der Waals surface area contributed by atoms with Gasteiger partial charge in [0.05, 0.1) is 0 Å². The molecular formula is C29H31N7. The summed E-state index contributed by atoms with van der Waals surface area (Å²) in [5.41, 5.74) is 5.75. The maximum Gasteiger partial charge on any atom is 0.205 e. The molecule has 7 heteroatoms. The van der Waals surface area contributed by atoms with Crippen LogP contribution in [0, 0.1) is 0 Å². The van der Waals surface area contributed by atoms with Crippen LogP contribution in [0.3, 0.4) is 0 Å². The van der Waals surface area contributed by atoms with Gasteiger partial charge in [-0.15, -0.1) is 10.2 Å². The molecule has 36 heavy (non-hydrogen) atoms. The maximum atomic E-state index is 4.91. The number of nitrogens with one attached hydrogen (secondary N) is 1. The second kappa shape index (κ2) is 11.4. The summed E-state index contributed by atoms with van der Waals surface area (Å²) < 4.78 is 0. The zero-order chi connectivity index (χ0) is 24.6. The second-order valence-electron chi connectivity index (χ2n) is 8.95. The van der Waals surface area contributed by atoms with Gasteiger partial charge in [-0.2, -0.15) is 10.3 Å². The van der Waals surface area contributed by atoms with Crippen molar-refractivity contribution in [3.8, 4) is 22.5 Å². The maximum absolute atomic E-state index is 4.91. The Hall–Kier alpha value is -4.26. The Labute approximate surface area is 212 Å². The van der Waals surface area contributed by atoms with Gasteiger partial charge < -0.3 is 4.90 Å². The lowest BCUT2D eigenvalue weighted by Crippen LogP contribution is -2.29. The van der Waals surface area contributed by atoms with Gasteiger partial charge in [-0.3, -0.25) is 5.01 Å². The number of allylic oxidation sites excluding steroid dienone is 1. The minimum Gasteiger partial charge on any atom is -0.335 e. The van der Waals surface area contributed by atoms with Crippen LogP contribution in [0.2, 0.25) is 0 Å². The third kappa shape index (κ3) is 5.68. The number of benzene rings is 3. The summed E-state index contributed by atoms with van der Waals surface area (Å²) >= 11 is 0. The highest BCUT2D eigenvalue weighted by Crippen LogP contribution is 2.30. The minimum absolute atomic E-state index is 0.601. The van der Waals surface area contributed by atoms with Gasteiger partial charge in [0.25, 0.3) is 0 Å². The SMILES string of the molecule is CCCCC1=NN(/C=C/Cc2ccccc2)CN1Cc1ccc(-c2ccccc2-c2nn[nH]n2)cc1. The summed E-state index contributed by atoms with van der Waals surface area (Å²) in [6.45, 7) is 3.83. The molecule has 1 N–H and O–H groups in total. The molecule has 0 saturated carbocycles.